The summed E-state index contributed by atoms with van der Waals surface area (Å²) >= 11 is 0. The number of nitrogens with one attached hydrogen (secondary N) is 1. The van der Waals surface area contributed by atoms with Gasteiger partial charge in [0.25, 0.3) is 5.91 Å². The van der Waals surface area contributed by atoms with Crippen LogP contribution in [0.3, 0.4) is 0 Å². The van der Waals surface area contributed by atoms with E-state index in [1.165, 1.54) is 18.3 Å². The number of amides is 1. The Hall–Kier alpha value is -3.79. The SMILES string of the molecule is Cc1ccnc(-n2c(C)cc(/C=N\NC(=O)c3ccc(C#N)cc3F)c2C)c1. The van der Waals surface area contributed by atoms with Crippen molar-refractivity contribution in [3.05, 3.63) is 82.1 Å². The van der Waals surface area contributed by atoms with Crippen LogP contribution in [0.1, 0.15) is 38.4 Å². The lowest BCUT2D eigenvalue weighted by atomic mass is 10.1. The average Bonchev–Trinajstić information content (AvgIpc) is 2.94. The Morgan fingerprint density at radius 3 is 2.71 bits per heavy atom. The molecule has 1 aromatic carbocycles. The van der Waals surface area contributed by atoms with Crippen LogP contribution in [0.2, 0.25) is 0 Å². The summed E-state index contributed by atoms with van der Waals surface area (Å²) in [6, 6.07) is 11.3. The summed E-state index contributed by atoms with van der Waals surface area (Å²) in [5, 5.41) is 12.7. The molecule has 0 atom stereocenters. The molecule has 0 aliphatic heterocycles. The van der Waals surface area contributed by atoms with E-state index in [9.17, 15) is 9.18 Å². The maximum absolute atomic E-state index is 13.9. The largest absolute Gasteiger partial charge is 0.303 e. The Morgan fingerprint density at radius 1 is 1.25 bits per heavy atom. The Balaban J connectivity index is 1.79. The predicted octanol–water partition coefficient (Wildman–Crippen LogP) is 3.57. The van der Waals surface area contributed by atoms with Crippen molar-refractivity contribution >= 4 is 12.1 Å². The van der Waals surface area contributed by atoms with E-state index in [0.29, 0.717) is 0 Å². The molecule has 0 saturated heterocycles. The molecule has 0 saturated carbocycles. The monoisotopic (exact) mass is 375 g/mol. The molecule has 0 aliphatic carbocycles. The van der Waals surface area contributed by atoms with Gasteiger partial charge in [-0.15, -0.1) is 0 Å². The van der Waals surface area contributed by atoms with Gasteiger partial charge in [0.1, 0.15) is 11.6 Å². The number of carbonyl (C=O) groups excluding carboxylic acids is 1. The highest BCUT2D eigenvalue weighted by atomic mass is 19.1. The molecular formula is C21H18FN5O. The Morgan fingerprint density at radius 2 is 2.04 bits per heavy atom. The van der Waals surface area contributed by atoms with Crippen LogP contribution < -0.4 is 5.43 Å². The van der Waals surface area contributed by atoms with Crippen LogP contribution in [0.15, 0.2) is 47.7 Å². The van der Waals surface area contributed by atoms with Gasteiger partial charge in [-0.3, -0.25) is 4.79 Å². The van der Waals surface area contributed by atoms with Gasteiger partial charge >= 0.3 is 0 Å². The fourth-order valence-electron chi connectivity index (χ4n) is 2.90. The molecule has 2 aromatic heterocycles. The second kappa shape index (κ2) is 7.84. The highest BCUT2D eigenvalue weighted by molar-refractivity contribution is 5.95. The lowest BCUT2D eigenvalue weighted by molar-refractivity contribution is 0.0951. The van der Waals surface area contributed by atoms with Crippen LogP contribution in [-0.2, 0) is 0 Å². The molecule has 0 aliphatic rings. The molecule has 28 heavy (non-hydrogen) atoms. The van der Waals surface area contributed by atoms with Crippen LogP contribution in [0.25, 0.3) is 5.82 Å². The summed E-state index contributed by atoms with van der Waals surface area (Å²) in [5.74, 6) is -0.652. The first-order chi connectivity index (χ1) is 13.4. The Labute approximate surface area is 162 Å². The number of nitriles is 1. The van der Waals surface area contributed by atoms with Gasteiger partial charge in [0.2, 0.25) is 0 Å². The van der Waals surface area contributed by atoms with Gasteiger partial charge in [0.05, 0.1) is 23.4 Å². The van der Waals surface area contributed by atoms with Gasteiger partial charge in [-0.25, -0.2) is 14.8 Å². The van der Waals surface area contributed by atoms with Crippen molar-refractivity contribution in [3.8, 4) is 11.9 Å². The molecule has 0 fully saturated rings. The maximum Gasteiger partial charge on any atom is 0.274 e. The molecule has 1 N–H and O–H groups in total. The molecule has 1 amide bonds. The quantitative estimate of drug-likeness (QED) is 0.559. The van der Waals surface area contributed by atoms with Crippen molar-refractivity contribution in [1.29, 1.82) is 5.26 Å². The van der Waals surface area contributed by atoms with Crippen molar-refractivity contribution in [2.75, 3.05) is 0 Å². The summed E-state index contributed by atoms with van der Waals surface area (Å²) in [7, 11) is 0. The minimum Gasteiger partial charge on any atom is -0.303 e. The molecular weight excluding hydrogens is 357 g/mol. The zero-order chi connectivity index (χ0) is 20.3. The van der Waals surface area contributed by atoms with E-state index in [-0.39, 0.29) is 11.1 Å². The normalized spacial score (nSPS) is 10.8. The van der Waals surface area contributed by atoms with E-state index < -0.39 is 11.7 Å². The number of rotatable bonds is 4. The highest BCUT2D eigenvalue weighted by Gasteiger charge is 2.13. The lowest BCUT2D eigenvalue weighted by Gasteiger charge is -2.08. The molecule has 140 valence electrons. The number of carbonyl (C=O) groups is 1. The number of hydrogen-bond donors (Lipinski definition) is 1. The summed E-state index contributed by atoms with van der Waals surface area (Å²) in [5.41, 5.74) is 6.08. The van der Waals surface area contributed by atoms with Crippen LogP contribution in [0.5, 0.6) is 0 Å². The summed E-state index contributed by atoms with van der Waals surface area (Å²) in [6.45, 7) is 5.89. The smallest absolute Gasteiger partial charge is 0.274 e. The first-order valence-corrected chi connectivity index (χ1v) is 8.55. The lowest BCUT2D eigenvalue weighted by Crippen LogP contribution is -2.19. The topological polar surface area (TPSA) is 83.1 Å². The standard InChI is InChI=1S/C21H18FN5O/c1-13-6-7-24-20(8-13)27-14(2)9-17(15(27)3)12-25-26-21(28)18-5-4-16(11-23)10-19(18)22/h4-10,12H,1-3H3,(H,26,28)/b25-12-. The van der Waals surface area contributed by atoms with E-state index in [1.54, 1.807) is 6.20 Å². The molecule has 0 bridgehead atoms. The number of hydrogen-bond acceptors (Lipinski definition) is 4. The summed E-state index contributed by atoms with van der Waals surface area (Å²) in [6.07, 6.45) is 3.26. The molecule has 0 unspecified atom stereocenters. The van der Waals surface area contributed by atoms with Crippen molar-refractivity contribution in [3.63, 3.8) is 0 Å². The number of aromatic nitrogens is 2. The fraction of sp³-hybridized carbons (Fsp3) is 0.143. The van der Waals surface area contributed by atoms with E-state index >= 15 is 0 Å². The Kier molecular flexibility index (Phi) is 5.32. The van der Waals surface area contributed by atoms with Crippen LogP contribution in [-0.4, -0.2) is 21.7 Å². The third-order valence-corrected chi connectivity index (χ3v) is 4.31. The number of hydrazone groups is 1. The zero-order valence-electron chi connectivity index (χ0n) is 15.7. The second-order valence-corrected chi connectivity index (χ2v) is 6.36. The first-order valence-electron chi connectivity index (χ1n) is 8.55. The van der Waals surface area contributed by atoms with Crippen LogP contribution in [0.4, 0.5) is 4.39 Å². The number of nitrogens with zero attached hydrogens (tertiary/aromatic N) is 4. The van der Waals surface area contributed by atoms with Gasteiger partial charge < -0.3 is 4.57 Å². The van der Waals surface area contributed by atoms with Crippen molar-refractivity contribution in [1.82, 2.24) is 15.0 Å². The van der Waals surface area contributed by atoms with Crippen molar-refractivity contribution in [2.24, 2.45) is 5.10 Å². The molecule has 2 heterocycles. The number of aryl methyl sites for hydroxylation is 2. The molecule has 3 aromatic rings. The van der Waals surface area contributed by atoms with E-state index in [2.05, 4.69) is 15.5 Å². The molecule has 6 nitrogen and oxygen atoms in total. The van der Waals surface area contributed by atoms with E-state index in [4.69, 9.17) is 5.26 Å². The van der Waals surface area contributed by atoms with Gasteiger partial charge in [-0.1, -0.05) is 0 Å². The number of halogens is 1. The van der Waals surface area contributed by atoms with Crippen LogP contribution in [0, 0.1) is 37.9 Å². The predicted molar refractivity (Wildman–Crippen MR) is 104 cm³/mol. The first kappa shape index (κ1) is 19.0. The van der Waals surface area contributed by atoms with Gasteiger partial charge in [-0.2, -0.15) is 10.4 Å². The van der Waals surface area contributed by atoms with E-state index in [0.717, 1.165) is 34.4 Å². The average molecular weight is 375 g/mol. The van der Waals surface area contributed by atoms with Crippen molar-refractivity contribution < 1.29 is 9.18 Å². The third-order valence-electron chi connectivity index (χ3n) is 4.31. The second-order valence-electron chi connectivity index (χ2n) is 6.36. The van der Waals surface area contributed by atoms with Gasteiger partial charge in [-0.05, 0) is 62.7 Å². The molecule has 0 spiro atoms. The van der Waals surface area contributed by atoms with Crippen LogP contribution >= 0.6 is 0 Å². The third kappa shape index (κ3) is 3.81. The maximum atomic E-state index is 13.9. The van der Waals surface area contributed by atoms with Gasteiger partial charge in [0.15, 0.2) is 0 Å². The summed E-state index contributed by atoms with van der Waals surface area (Å²) in [4.78, 5) is 16.5. The number of pyridine rings is 1. The highest BCUT2D eigenvalue weighted by Crippen LogP contribution is 2.19. The minimum absolute atomic E-state index is 0.148. The molecule has 0 radical (unpaired) electrons. The summed E-state index contributed by atoms with van der Waals surface area (Å²) < 4.78 is 15.9. The molecule has 3 rings (SSSR count). The number of benzene rings is 1. The fourth-order valence-corrected chi connectivity index (χ4v) is 2.90. The minimum atomic E-state index is -0.768. The molecule has 7 heteroatoms. The van der Waals surface area contributed by atoms with E-state index in [1.807, 2.05) is 49.6 Å². The van der Waals surface area contributed by atoms with Gasteiger partial charge in [0, 0.05) is 23.1 Å². The van der Waals surface area contributed by atoms with Crippen molar-refractivity contribution in [2.45, 2.75) is 20.8 Å². The Bertz CT molecular complexity index is 1120. The zero-order valence-corrected chi connectivity index (χ0v) is 15.7.